The molecule has 90 valence electrons. The highest BCUT2D eigenvalue weighted by Crippen LogP contribution is 2.23. The van der Waals surface area contributed by atoms with Crippen LogP contribution in [-0.2, 0) is 6.42 Å². The lowest BCUT2D eigenvalue weighted by Crippen LogP contribution is -2.30. The van der Waals surface area contributed by atoms with Crippen molar-refractivity contribution in [2.24, 2.45) is 0 Å². The fourth-order valence-corrected chi connectivity index (χ4v) is 2.16. The summed E-state index contributed by atoms with van der Waals surface area (Å²) < 4.78 is 5.17. The van der Waals surface area contributed by atoms with E-state index < -0.39 is 0 Å². The summed E-state index contributed by atoms with van der Waals surface area (Å²) in [6, 6.07) is 5.73. The summed E-state index contributed by atoms with van der Waals surface area (Å²) in [6.07, 6.45) is 3.71. The number of hydrogen-bond acceptors (Lipinski definition) is 2. The summed E-state index contributed by atoms with van der Waals surface area (Å²) in [5.41, 5.74) is 1.88. The Morgan fingerprint density at radius 3 is 3.06 bits per heavy atom. The van der Waals surface area contributed by atoms with Crippen molar-refractivity contribution in [3.63, 3.8) is 0 Å². The first-order valence-electron chi connectivity index (χ1n) is 5.83. The molecular formula is C14H17NO2. The number of methoxy groups -OCH3 is 1. The molecule has 3 nitrogen and oxygen atoms in total. The van der Waals surface area contributed by atoms with E-state index in [2.05, 4.69) is 6.58 Å². The topological polar surface area (TPSA) is 29.5 Å². The molecule has 0 saturated heterocycles. The third-order valence-electron chi connectivity index (χ3n) is 3.06. The Kier molecular flexibility index (Phi) is 3.47. The first-order chi connectivity index (χ1) is 8.26. The second-order valence-corrected chi connectivity index (χ2v) is 4.17. The van der Waals surface area contributed by atoms with Crippen molar-refractivity contribution in [2.75, 3.05) is 20.2 Å². The van der Waals surface area contributed by atoms with E-state index in [0.717, 1.165) is 36.3 Å². The van der Waals surface area contributed by atoms with E-state index >= 15 is 0 Å². The van der Waals surface area contributed by atoms with E-state index in [9.17, 15) is 4.79 Å². The van der Waals surface area contributed by atoms with Gasteiger partial charge >= 0.3 is 0 Å². The zero-order valence-electron chi connectivity index (χ0n) is 10.1. The van der Waals surface area contributed by atoms with Crippen molar-refractivity contribution < 1.29 is 9.53 Å². The van der Waals surface area contributed by atoms with Gasteiger partial charge in [0.05, 0.1) is 7.11 Å². The van der Waals surface area contributed by atoms with Crippen LogP contribution in [-0.4, -0.2) is 31.0 Å². The Morgan fingerprint density at radius 2 is 2.35 bits per heavy atom. The summed E-state index contributed by atoms with van der Waals surface area (Å²) in [7, 11) is 1.62. The van der Waals surface area contributed by atoms with Crippen molar-refractivity contribution in [1.82, 2.24) is 4.90 Å². The van der Waals surface area contributed by atoms with E-state index in [1.165, 1.54) is 0 Å². The van der Waals surface area contributed by atoms with Gasteiger partial charge in [-0.05, 0) is 30.5 Å². The molecule has 1 aliphatic rings. The molecule has 1 aromatic carbocycles. The third-order valence-corrected chi connectivity index (χ3v) is 3.06. The molecule has 0 bridgehead atoms. The van der Waals surface area contributed by atoms with Crippen LogP contribution in [0.3, 0.4) is 0 Å². The minimum absolute atomic E-state index is 0.0799. The van der Waals surface area contributed by atoms with Crippen LogP contribution in [0.25, 0.3) is 0 Å². The maximum absolute atomic E-state index is 12.3. The van der Waals surface area contributed by atoms with Crippen LogP contribution in [0.1, 0.15) is 22.3 Å². The summed E-state index contributed by atoms with van der Waals surface area (Å²) in [5, 5.41) is 0. The molecule has 3 heteroatoms. The molecule has 0 radical (unpaired) electrons. The van der Waals surface area contributed by atoms with Crippen molar-refractivity contribution in [1.29, 1.82) is 0 Å². The number of aryl methyl sites for hydroxylation is 1. The van der Waals surface area contributed by atoms with E-state index in [-0.39, 0.29) is 5.91 Å². The molecule has 1 amide bonds. The summed E-state index contributed by atoms with van der Waals surface area (Å²) in [5.74, 6) is 0.814. The summed E-state index contributed by atoms with van der Waals surface area (Å²) >= 11 is 0. The molecule has 0 unspecified atom stereocenters. The van der Waals surface area contributed by atoms with Gasteiger partial charge in [0.15, 0.2) is 0 Å². The number of carbonyl (C=O) groups is 1. The number of carbonyl (C=O) groups excluding carboxylic acids is 1. The number of amides is 1. The summed E-state index contributed by atoms with van der Waals surface area (Å²) in [4.78, 5) is 14.1. The van der Waals surface area contributed by atoms with E-state index in [0.29, 0.717) is 6.54 Å². The van der Waals surface area contributed by atoms with Crippen LogP contribution < -0.4 is 4.74 Å². The monoisotopic (exact) mass is 231 g/mol. The molecular weight excluding hydrogens is 214 g/mol. The van der Waals surface area contributed by atoms with Crippen LogP contribution in [0.15, 0.2) is 30.9 Å². The molecule has 2 rings (SSSR count). The molecule has 0 aromatic heterocycles. The van der Waals surface area contributed by atoms with Gasteiger partial charge in [0, 0.05) is 18.7 Å². The van der Waals surface area contributed by atoms with Crippen molar-refractivity contribution in [3.8, 4) is 5.75 Å². The van der Waals surface area contributed by atoms with Crippen molar-refractivity contribution >= 4 is 5.91 Å². The Hall–Kier alpha value is -1.77. The first-order valence-corrected chi connectivity index (χ1v) is 5.83. The number of hydrogen-bond donors (Lipinski definition) is 0. The Balaban J connectivity index is 2.38. The van der Waals surface area contributed by atoms with Gasteiger partial charge in [-0.15, -0.1) is 6.58 Å². The SMILES string of the molecule is C=CCN1CCCc2ccc(OC)cc2C1=O. The number of ether oxygens (including phenoxy) is 1. The highest BCUT2D eigenvalue weighted by molar-refractivity contribution is 5.96. The fraction of sp³-hybridized carbons (Fsp3) is 0.357. The summed E-state index contributed by atoms with van der Waals surface area (Å²) in [6.45, 7) is 5.09. The van der Waals surface area contributed by atoms with E-state index in [4.69, 9.17) is 4.74 Å². The zero-order valence-corrected chi connectivity index (χ0v) is 10.1. The minimum Gasteiger partial charge on any atom is -0.497 e. The van der Waals surface area contributed by atoms with Gasteiger partial charge < -0.3 is 9.64 Å². The largest absolute Gasteiger partial charge is 0.497 e. The molecule has 0 N–H and O–H groups in total. The van der Waals surface area contributed by atoms with Gasteiger partial charge in [-0.3, -0.25) is 4.79 Å². The molecule has 0 spiro atoms. The Bertz CT molecular complexity index is 440. The lowest BCUT2D eigenvalue weighted by Gasteiger charge is -2.18. The average molecular weight is 231 g/mol. The van der Waals surface area contributed by atoms with Crippen molar-refractivity contribution in [3.05, 3.63) is 42.0 Å². The number of rotatable bonds is 3. The smallest absolute Gasteiger partial charge is 0.254 e. The quantitative estimate of drug-likeness (QED) is 0.747. The van der Waals surface area contributed by atoms with Crippen LogP contribution in [0, 0.1) is 0 Å². The van der Waals surface area contributed by atoms with E-state index in [1.807, 2.05) is 23.1 Å². The molecule has 1 aliphatic heterocycles. The lowest BCUT2D eigenvalue weighted by atomic mass is 10.0. The van der Waals surface area contributed by atoms with Gasteiger partial charge in [-0.1, -0.05) is 12.1 Å². The Morgan fingerprint density at radius 1 is 1.53 bits per heavy atom. The van der Waals surface area contributed by atoms with Gasteiger partial charge in [0.25, 0.3) is 5.91 Å². The molecule has 0 saturated carbocycles. The zero-order chi connectivity index (χ0) is 12.3. The highest BCUT2D eigenvalue weighted by Gasteiger charge is 2.21. The van der Waals surface area contributed by atoms with Crippen LogP contribution in [0.2, 0.25) is 0 Å². The second kappa shape index (κ2) is 5.04. The van der Waals surface area contributed by atoms with Gasteiger partial charge in [0.1, 0.15) is 5.75 Å². The fourth-order valence-electron chi connectivity index (χ4n) is 2.16. The van der Waals surface area contributed by atoms with Crippen LogP contribution in [0.4, 0.5) is 0 Å². The number of benzene rings is 1. The average Bonchev–Trinajstić information content (AvgIpc) is 2.51. The number of nitrogens with zero attached hydrogens (tertiary/aromatic N) is 1. The third kappa shape index (κ3) is 2.33. The van der Waals surface area contributed by atoms with E-state index in [1.54, 1.807) is 13.2 Å². The van der Waals surface area contributed by atoms with Crippen molar-refractivity contribution in [2.45, 2.75) is 12.8 Å². The molecule has 0 fully saturated rings. The maximum atomic E-state index is 12.3. The first kappa shape index (κ1) is 11.7. The maximum Gasteiger partial charge on any atom is 0.254 e. The highest BCUT2D eigenvalue weighted by atomic mass is 16.5. The predicted octanol–water partition coefficient (Wildman–Crippen LogP) is 2.27. The van der Waals surface area contributed by atoms with Crippen LogP contribution in [0.5, 0.6) is 5.75 Å². The second-order valence-electron chi connectivity index (χ2n) is 4.17. The molecule has 1 heterocycles. The molecule has 17 heavy (non-hydrogen) atoms. The molecule has 1 aromatic rings. The Labute approximate surface area is 102 Å². The lowest BCUT2D eigenvalue weighted by molar-refractivity contribution is 0.0779. The predicted molar refractivity (Wildman–Crippen MR) is 67.4 cm³/mol. The molecule has 0 atom stereocenters. The standard InChI is InChI=1S/C14H17NO2/c1-3-8-15-9-4-5-11-6-7-12(17-2)10-13(11)14(15)16/h3,6-7,10H,1,4-5,8-9H2,2H3. The number of fused-ring (bicyclic) bond motifs is 1. The van der Waals surface area contributed by atoms with Gasteiger partial charge in [-0.2, -0.15) is 0 Å². The van der Waals surface area contributed by atoms with Gasteiger partial charge in [-0.25, -0.2) is 0 Å². The minimum atomic E-state index is 0.0799. The molecule has 0 aliphatic carbocycles. The normalized spacial score (nSPS) is 15.1. The van der Waals surface area contributed by atoms with Crippen LogP contribution >= 0.6 is 0 Å². The van der Waals surface area contributed by atoms with Gasteiger partial charge in [0.2, 0.25) is 0 Å².